The van der Waals surface area contributed by atoms with E-state index in [0.29, 0.717) is 10.6 Å². The van der Waals surface area contributed by atoms with Crippen molar-refractivity contribution in [3.8, 4) is 0 Å². The number of hydrogen-bond acceptors (Lipinski definition) is 3. The number of benzene rings is 2. The van der Waals surface area contributed by atoms with E-state index < -0.39 is 9.84 Å². The van der Waals surface area contributed by atoms with Gasteiger partial charge in [-0.15, -0.1) is 0 Å². The van der Waals surface area contributed by atoms with Crippen LogP contribution < -0.4 is 0 Å². The van der Waals surface area contributed by atoms with E-state index in [4.69, 9.17) is 0 Å². The molecule has 0 unspecified atom stereocenters. The molecule has 1 aromatic heterocycles. The molecule has 20 heavy (non-hydrogen) atoms. The molecule has 0 radical (unpaired) electrons. The van der Waals surface area contributed by atoms with Crippen molar-refractivity contribution < 1.29 is 8.42 Å². The third kappa shape index (κ3) is 2.56. The fourth-order valence-electron chi connectivity index (χ4n) is 2.09. The maximum atomic E-state index is 12.3. The number of pyridine rings is 1. The first-order chi connectivity index (χ1) is 9.65. The first-order valence-corrected chi connectivity index (χ1v) is 7.93. The van der Waals surface area contributed by atoms with Crippen LogP contribution >= 0.6 is 0 Å². The summed E-state index contributed by atoms with van der Waals surface area (Å²) in [5.41, 5.74) is 1.38. The second-order valence-electron chi connectivity index (χ2n) is 4.57. The van der Waals surface area contributed by atoms with Gasteiger partial charge in [-0.25, -0.2) is 8.42 Å². The highest BCUT2D eigenvalue weighted by atomic mass is 32.2. The van der Waals surface area contributed by atoms with E-state index in [2.05, 4.69) is 4.98 Å². The van der Waals surface area contributed by atoms with Gasteiger partial charge in [0, 0.05) is 5.39 Å². The van der Waals surface area contributed by atoms with Crippen molar-refractivity contribution in [2.75, 3.05) is 0 Å². The molecule has 0 atom stereocenters. The zero-order chi connectivity index (χ0) is 14.0. The van der Waals surface area contributed by atoms with E-state index in [9.17, 15) is 8.42 Å². The molecule has 0 spiro atoms. The van der Waals surface area contributed by atoms with Crippen LogP contribution in [-0.2, 0) is 15.6 Å². The zero-order valence-electron chi connectivity index (χ0n) is 10.7. The summed E-state index contributed by atoms with van der Waals surface area (Å²) in [5.74, 6) is -0.0815. The summed E-state index contributed by atoms with van der Waals surface area (Å²) >= 11 is 0. The van der Waals surface area contributed by atoms with Gasteiger partial charge >= 0.3 is 0 Å². The summed E-state index contributed by atoms with van der Waals surface area (Å²) in [6.45, 7) is 0. The summed E-state index contributed by atoms with van der Waals surface area (Å²) in [4.78, 5) is 4.74. The molecular weight excluding hydrogens is 270 g/mol. The molecule has 3 rings (SSSR count). The Kier molecular flexibility index (Phi) is 3.24. The van der Waals surface area contributed by atoms with Gasteiger partial charge in [0.05, 0.1) is 21.9 Å². The molecule has 2 aromatic carbocycles. The van der Waals surface area contributed by atoms with Crippen molar-refractivity contribution in [2.45, 2.75) is 10.6 Å². The van der Waals surface area contributed by atoms with Gasteiger partial charge in [0.2, 0.25) is 0 Å². The zero-order valence-corrected chi connectivity index (χ0v) is 11.5. The molecule has 100 valence electrons. The van der Waals surface area contributed by atoms with Crippen LogP contribution in [0.25, 0.3) is 10.9 Å². The number of rotatable bonds is 3. The Morgan fingerprint density at radius 1 is 0.800 bits per heavy atom. The van der Waals surface area contributed by atoms with Crippen molar-refractivity contribution in [1.29, 1.82) is 0 Å². The topological polar surface area (TPSA) is 47.0 Å². The van der Waals surface area contributed by atoms with Crippen LogP contribution in [0.1, 0.15) is 5.69 Å². The lowest BCUT2D eigenvalue weighted by atomic mass is 10.2. The number of nitrogens with zero attached hydrogens (tertiary/aromatic N) is 1. The van der Waals surface area contributed by atoms with E-state index in [-0.39, 0.29) is 5.75 Å². The minimum absolute atomic E-state index is 0.0815. The van der Waals surface area contributed by atoms with Crippen molar-refractivity contribution in [3.63, 3.8) is 0 Å². The van der Waals surface area contributed by atoms with Gasteiger partial charge in [0.25, 0.3) is 0 Å². The second kappa shape index (κ2) is 5.06. The van der Waals surface area contributed by atoms with Gasteiger partial charge in [-0.2, -0.15) is 0 Å². The van der Waals surface area contributed by atoms with Crippen molar-refractivity contribution in [2.24, 2.45) is 0 Å². The second-order valence-corrected chi connectivity index (χ2v) is 6.56. The molecule has 0 saturated heterocycles. The Hall–Kier alpha value is -2.20. The smallest absolute Gasteiger partial charge is 0.184 e. The molecule has 4 heteroatoms. The number of fused-ring (bicyclic) bond motifs is 1. The van der Waals surface area contributed by atoms with E-state index >= 15 is 0 Å². The van der Waals surface area contributed by atoms with E-state index in [0.717, 1.165) is 10.9 Å². The minimum atomic E-state index is -3.34. The van der Waals surface area contributed by atoms with E-state index in [1.54, 1.807) is 36.4 Å². The van der Waals surface area contributed by atoms with Gasteiger partial charge < -0.3 is 0 Å². The summed E-state index contributed by atoms with van der Waals surface area (Å²) in [5, 5.41) is 1.01. The van der Waals surface area contributed by atoms with Gasteiger partial charge in [0.15, 0.2) is 9.84 Å². The summed E-state index contributed by atoms with van der Waals surface area (Å²) in [6, 6.07) is 19.8. The molecular formula is C16H13NO2S. The van der Waals surface area contributed by atoms with Crippen LogP contribution in [0.5, 0.6) is 0 Å². The van der Waals surface area contributed by atoms with Crippen LogP contribution in [0, 0.1) is 0 Å². The fraction of sp³-hybridized carbons (Fsp3) is 0.0625. The third-order valence-corrected chi connectivity index (χ3v) is 4.76. The molecule has 0 N–H and O–H groups in total. The van der Waals surface area contributed by atoms with Crippen LogP contribution in [0.4, 0.5) is 0 Å². The van der Waals surface area contributed by atoms with Crippen molar-refractivity contribution >= 4 is 20.7 Å². The molecule has 0 aliphatic heterocycles. The standard InChI is InChI=1S/C16H13NO2S/c18-20(19,15-7-2-1-3-8-15)12-14-11-10-13-6-4-5-9-16(13)17-14/h1-11H,12H2. The average Bonchev–Trinajstić information content (AvgIpc) is 2.48. The van der Waals surface area contributed by atoms with Crippen LogP contribution in [-0.4, -0.2) is 13.4 Å². The maximum absolute atomic E-state index is 12.3. The molecule has 0 saturated carbocycles. The number of hydrogen-bond donors (Lipinski definition) is 0. The number of aromatic nitrogens is 1. The molecule has 0 aliphatic rings. The summed E-state index contributed by atoms with van der Waals surface area (Å²) in [6.07, 6.45) is 0. The molecule has 0 aliphatic carbocycles. The van der Waals surface area contributed by atoms with Gasteiger partial charge in [0.1, 0.15) is 0 Å². The van der Waals surface area contributed by atoms with Crippen molar-refractivity contribution in [1.82, 2.24) is 4.98 Å². The SMILES string of the molecule is O=S(=O)(Cc1ccc2ccccc2n1)c1ccccc1. The fourth-order valence-corrected chi connectivity index (χ4v) is 3.38. The molecule has 1 heterocycles. The first kappa shape index (κ1) is 12.8. The highest BCUT2D eigenvalue weighted by Crippen LogP contribution is 2.17. The van der Waals surface area contributed by atoms with Gasteiger partial charge in [-0.3, -0.25) is 4.98 Å². The predicted octanol–water partition coefficient (Wildman–Crippen LogP) is 3.21. The number of para-hydroxylation sites is 1. The summed E-state index contributed by atoms with van der Waals surface area (Å²) in [7, 11) is -3.34. The minimum Gasteiger partial charge on any atom is -0.252 e. The first-order valence-electron chi connectivity index (χ1n) is 6.28. The highest BCUT2D eigenvalue weighted by molar-refractivity contribution is 7.90. The predicted molar refractivity (Wildman–Crippen MR) is 79.1 cm³/mol. The van der Waals surface area contributed by atoms with Crippen molar-refractivity contribution in [3.05, 3.63) is 72.4 Å². The molecule has 3 nitrogen and oxygen atoms in total. The van der Waals surface area contributed by atoms with E-state index in [1.807, 2.05) is 30.3 Å². The lowest BCUT2D eigenvalue weighted by Crippen LogP contribution is -2.06. The Morgan fingerprint density at radius 3 is 2.30 bits per heavy atom. The lowest BCUT2D eigenvalue weighted by molar-refractivity contribution is 0.594. The summed E-state index contributed by atoms with van der Waals surface area (Å²) < 4.78 is 24.6. The average molecular weight is 283 g/mol. The van der Waals surface area contributed by atoms with Crippen LogP contribution in [0.3, 0.4) is 0 Å². The monoisotopic (exact) mass is 283 g/mol. The van der Waals surface area contributed by atoms with Gasteiger partial charge in [-0.1, -0.05) is 42.5 Å². The molecule has 0 bridgehead atoms. The van der Waals surface area contributed by atoms with Gasteiger partial charge in [-0.05, 0) is 24.3 Å². The van der Waals surface area contributed by atoms with Crippen LogP contribution in [0.2, 0.25) is 0 Å². The number of sulfone groups is 1. The Morgan fingerprint density at radius 2 is 1.50 bits per heavy atom. The third-order valence-electron chi connectivity index (χ3n) is 3.10. The highest BCUT2D eigenvalue weighted by Gasteiger charge is 2.15. The quantitative estimate of drug-likeness (QED) is 0.741. The molecule has 3 aromatic rings. The normalized spacial score (nSPS) is 11.6. The molecule has 0 amide bonds. The Balaban J connectivity index is 1.97. The van der Waals surface area contributed by atoms with E-state index in [1.165, 1.54) is 0 Å². The largest absolute Gasteiger partial charge is 0.252 e. The lowest BCUT2D eigenvalue weighted by Gasteiger charge is -2.05. The maximum Gasteiger partial charge on any atom is 0.184 e. The Labute approximate surface area is 117 Å². The van der Waals surface area contributed by atoms with Crippen LogP contribution in [0.15, 0.2) is 71.6 Å². The molecule has 0 fully saturated rings. The Bertz CT molecular complexity index is 842.